The van der Waals surface area contributed by atoms with E-state index in [0.717, 1.165) is 25.0 Å². The summed E-state index contributed by atoms with van der Waals surface area (Å²) < 4.78 is 25.0. The van der Waals surface area contributed by atoms with Crippen molar-refractivity contribution in [3.63, 3.8) is 0 Å². The lowest BCUT2D eigenvalue weighted by atomic mass is 9.85. The van der Waals surface area contributed by atoms with E-state index >= 15 is 0 Å². The molecule has 4 atom stereocenters. The first-order valence-electron chi connectivity index (χ1n) is 10.6. The van der Waals surface area contributed by atoms with Gasteiger partial charge in [-0.15, -0.1) is 0 Å². The van der Waals surface area contributed by atoms with Crippen molar-refractivity contribution in [3.05, 3.63) is 48.6 Å². The van der Waals surface area contributed by atoms with Gasteiger partial charge in [-0.05, 0) is 61.8 Å². The molecule has 1 aromatic carbocycles. The molecule has 5 nitrogen and oxygen atoms in total. The Morgan fingerprint density at radius 2 is 2.17 bits per heavy atom. The molecule has 4 unspecified atom stereocenters. The van der Waals surface area contributed by atoms with Crippen molar-refractivity contribution in [1.82, 2.24) is 10.3 Å². The Morgan fingerprint density at radius 3 is 2.93 bits per heavy atom. The number of aromatic nitrogens is 1. The second kappa shape index (κ2) is 10.0. The van der Waals surface area contributed by atoms with Crippen LogP contribution in [-0.2, 0) is 9.53 Å². The van der Waals surface area contributed by atoms with Crippen LogP contribution in [-0.4, -0.2) is 30.7 Å². The smallest absolute Gasteiger partial charge is 0.227 e. The van der Waals surface area contributed by atoms with Gasteiger partial charge in [0.15, 0.2) is 0 Å². The first-order valence-corrected chi connectivity index (χ1v) is 10.6. The lowest BCUT2D eigenvalue weighted by Crippen LogP contribution is -2.33. The fourth-order valence-corrected chi connectivity index (χ4v) is 4.37. The molecule has 3 rings (SSSR count). The Labute approximate surface area is 177 Å². The molecule has 2 aromatic rings. The fourth-order valence-electron chi connectivity index (χ4n) is 4.37. The Kier molecular flexibility index (Phi) is 7.43. The van der Waals surface area contributed by atoms with Crippen LogP contribution in [0.5, 0.6) is 5.75 Å². The molecule has 1 fully saturated rings. The van der Waals surface area contributed by atoms with E-state index in [1.54, 1.807) is 25.4 Å². The van der Waals surface area contributed by atoms with Gasteiger partial charge in [-0.25, -0.2) is 4.39 Å². The minimum Gasteiger partial charge on any atom is -0.490 e. The molecule has 1 aromatic heterocycles. The number of carbonyl (C=O) groups excluding carboxylic acids is 1. The van der Waals surface area contributed by atoms with E-state index in [0.29, 0.717) is 35.6 Å². The summed E-state index contributed by atoms with van der Waals surface area (Å²) in [6.07, 6.45) is 4.85. The second-order valence-corrected chi connectivity index (χ2v) is 8.30. The zero-order chi connectivity index (χ0) is 21.7. The number of hydrogen-bond acceptors (Lipinski definition) is 4. The van der Waals surface area contributed by atoms with Crippen LogP contribution in [0.1, 0.15) is 39.5 Å². The molecular weight excluding hydrogens is 383 g/mol. The number of nitrogens with zero attached hydrogens (tertiary/aromatic N) is 1. The van der Waals surface area contributed by atoms with Gasteiger partial charge >= 0.3 is 0 Å². The maximum atomic E-state index is 13.7. The molecule has 0 aliphatic heterocycles. The van der Waals surface area contributed by atoms with Crippen molar-refractivity contribution >= 4 is 16.8 Å². The van der Waals surface area contributed by atoms with E-state index in [9.17, 15) is 9.18 Å². The summed E-state index contributed by atoms with van der Waals surface area (Å²) in [6, 6.07) is 6.29. The number of rotatable bonds is 9. The molecule has 1 saturated carbocycles. The fraction of sp³-hybridized carbons (Fsp3) is 0.500. The molecular formula is C24H31FN2O3. The molecule has 0 saturated heterocycles. The zero-order valence-electron chi connectivity index (χ0n) is 18.0. The summed E-state index contributed by atoms with van der Waals surface area (Å²) in [5.74, 6) is 0.759. The van der Waals surface area contributed by atoms with E-state index < -0.39 is 0 Å². The predicted octanol–water partition coefficient (Wildman–Crippen LogP) is 4.86. The Bertz CT molecular complexity index is 901. The summed E-state index contributed by atoms with van der Waals surface area (Å²) in [5.41, 5.74) is 1.43. The normalized spacial score (nSPS) is 22.1. The van der Waals surface area contributed by atoms with E-state index in [4.69, 9.17) is 9.47 Å². The Balaban J connectivity index is 1.61. The third-order valence-corrected chi connectivity index (χ3v) is 6.04. The zero-order valence-corrected chi connectivity index (χ0v) is 18.0. The molecule has 0 radical (unpaired) electrons. The molecule has 0 bridgehead atoms. The molecule has 1 amide bonds. The topological polar surface area (TPSA) is 60.5 Å². The summed E-state index contributed by atoms with van der Waals surface area (Å²) in [5, 5.41) is 3.62. The van der Waals surface area contributed by atoms with Crippen LogP contribution in [0.3, 0.4) is 0 Å². The van der Waals surface area contributed by atoms with Crippen molar-refractivity contribution in [3.8, 4) is 5.75 Å². The molecule has 1 N–H and O–H groups in total. The van der Waals surface area contributed by atoms with Gasteiger partial charge in [0.1, 0.15) is 11.6 Å². The molecule has 1 aliphatic carbocycles. The number of ether oxygens (including phenoxy) is 2. The van der Waals surface area contributed by atoms with Gasteiger partial charge in [0.05, 0.1) is 11.6 Å². The van der Waals surface area contributed by atoms with Gasteiger partial charge in [-0.2, -0.15) is 0 Å². The van der Waals surface area contributed by atoms with Crippen LogP contribution in [0.4, 0.5) is 4.39 Å². The first kappa shape index (κ1) is 22.2. The largest absolute Gasteiger partial charge is 0.490 e. The summed E-state index contributed by atoms with van der Waals surface area (Å²) in [4.78, 5) is 17.0. The van der Waals surface area contributed by atoms with Crippen molar-refractivity contribution < 1.29 is 18.7 Å². The number of benzene rings is 1. The number of carbonyl (C=O) groups is 1. The third kappa shape index (κ3) is 5.36. The number of pyridine rings is 1. The molecule has 1 heterocycles. The van der Waals surface area contributed by atoms with Crippen LogP contribution >= 0.6 is 0 Å². The highest BCUT2D eigenvalue weighted by molar-refractivity contribution is 5.84. The number of halogens is 1. The van der Waals surface area contributed by atoms with E-state index in [-0.39, 0.29) is 29.7 Å². The average Bonchev–Trinajstić information content (AvgIpc) is 3.08. The molecule has 0 spiro atoms. The average molecular weight is 415 g/mol. The van der Waals surface area contributed by atoms with Crippen molar-refractivity contribution in [2.24, 2.45) is 17.8 Å². The van der Waals surface area contributed by atoms with E-state index in [1.807, 2.05) is 6.92 Å². The minimum atomic E-state index is -0.311. The van der Waals surface area contributed by atoms with Crippen LogP contribution in [0, 0.1) is 23.6 Å². The molecule has 30 heavy (non-hydrogen) atoms. The van der Waals surface area contributed by atoms with Crippen LogP contribution < -0.4 is 10.1 Å². The van der Waals surface area contributed by atoms with Crippen molar-refractivity contribution in [1.29, 1.82) is 0 Å². The highest BCUT2D eigenvalue weighted by Gasteiger charge is 2.38. The second-order valence-electron chi connectivity index (χ2n) is 8.30. The SMILES string of the molecule is C=C(CCCOC)NC(=O)C(C)C1CC(Oc2ccnc3ccc(F)cc23)CC1C. The van der Waals surface area contributed by atoms with Crippen LogP contribution in [0.25, 0.3) is 10.9 Å². The first-order chi connectivity index (χ1) is 14.4. The minimum absolute atomic E-state index is 0.00588. The van der Waals surface area contributed by atoms with E-state index in [1.165, 1.54) is 12.1 Å². The van der Waals surface area contributed by atoms with Crippen LogP contribution in [0.2, 0.25) is 0 Å². The number of fused-ring (bicyclic) bond motifs is 1. The number of methoxy groups -OCH3 is 1. The lowest BCUT2D eigenvalue weighted by molar-refractivity contribution is -0.125. The highest BCUT2D eigenvalue weighted by atomic mass is 19.1. The van der Waals surface area contributed by atoms with Gasteiger partial charge in [0, 0.05) is 36.9 Å². The van der Waals surface area contributed by atoms with Gasteiger partial charge < -0.3 is 14.8 Å². The number of nitrogens with one attached hydrogen (secondary N) is 1. The van der Waals surface area contributed by atoms with Crippen molar-refractivity contribution in [2.75, 3.05) is 13.7 Å². The standard InChI is InChI=1S/C24H31FN2O3/c1-15-12-19(30-23-9-10-26-22-8-7-18(25)13-21(22)23)14-20(15)17(3)24(28)27-16(2)6-5-11-29-4/h7-10,13,15,17,19-20H,2,5-6,11-12,14H2,1,3-4H3,(H,27,28). The maximum absolute atomic E-state index is 13.7. The maximum Gasteiger partial charge on any atom is 0.227 e. The van der Waals surface area contributed by atoms with Crippen molar-refractivity contribution in [2.45, 2.75) is 45.6 Å². The quantitative estimate of drug-likeness (QED) is 0.595. The Morgan fingerprint density at radius 1 is 1.37 bits per heavy atom. The van der Waals surface area contributed by atoms with Gasteiger partial charge in [0.25, 0.3) is 0 Å². The molecule has 1 aliphatic rings. The summed E-state index contributed by atoms with van der Waals surface area (Å²) in [7, 11) is 1.66. The highest BCUT2D eigenvalue weighted by Crippen LogP contribution is 2.40. The Hall–Kier alpha value is -2.47. The number of amides is 1. The van der Waals surface area contributed by atoms with Gasteiger partial charge in [-0.1, -0.05) is 20.4 Å². The van der Waals surface area contributed by atoms with Gasteiger partial charge in [0.2, 0.25) is 5.91 Å². The number of hydrogen-bond donors (Lipinski definition) is 1. The third-order valence-electron chi connectivity index (χ3n) is 6.04. The predicted molar refractivity (Wildman–Crippen MR) is 116 cm³/mol. The molecule has 162 valence electrons. The molecule has 6 heteroatoms. The lowest BCUT2D eigenvalue weighted by Gasteiger charge is -2.23. The van der Waals surface area contributed by atoms with E-state index in [2.05, 4.69) is 23.8 Å². The monoisotopic (exact) mass is 414 g/mol. The van der Waals surface area contributed by atoms with Gasteiger partial charge in [-0.3, -0.25) is 9.78 Å². The summed E-state index contributed by atoms with van der Waals surface area (Å²) >= 11 is 0. The van der Waals surface area contributed by atoms with Crippen LogP contribution in [0.15, 0.2) is 42.7 Å². The number of allylic oxidation sites excluding steroid dienone is 1. The summed E-state index contributed by atoms with van der Waals surface area (Å²) in [6.45, 7) is 8.74.